The zero-order valence-corrected chi connectivity index (χ0v) is 17.8. The number of rotatable bonds is 6. The number of halogens is 1. The largest absolute Gasteiger partial charge is 0.353 e. The van der Waals surface area contributed by atoms with Crippen LogP contribution in [0.25, 0.3) is 0 Å². The minimum Gasteiger partial charge on any atom is -0.353 e. The summed E-state index contributed by atoms with van der Waals surface area (Å²) in [6.45, 7) is 2.26. The molecule has 160 valence electrons. The van der Waals surface area contributed by atoms with Gasteiger partial charge in [0.15, 0.2) is 0 Å². The van der Waals surface area contributed by atoms with Gasteiger partial charge in [-0.2, -0.15) is 0 Å². The van der Waals surface area contributed by atoms with E-state index in [4.69, 9.17) is 0 Å². The second-order valence-corrected chi connectivity index (χ2v) is 10.3. The van der Waals surface area contributed by atoms with Crippen molar-refractivity contribution in [3.05, 3.63) is 59.9 Å². The molecule has 0 aliphatic heterocycles. The molecule has 0 spiro atoms. The Balaban J connectivity index is 1.43. The van der Waals surface area contributed by atoms with Gasteiger partial charge in [0, 0.05) is 11.7 Å². The second-order valence-electron chi connectivity index (χ2n) is 8.65. The highest BCUT2D eigenvalue weighted by Crippen LogP contribution is 2.49. The van der Waals surface area contributed by atoms with Crippen molar-refractivity contribution < 1.29 is 17.6 Å². The van der Waals surface area contributed by atoms with Crippen LogP contribution < -0.4 is 10.0 Å². The molecule has 2 aromatic carbocycles. The molecule has 2 aromatic rings. The van der Waals surface area contributed by atoms with Gasteiger partial charge in [-0.1, -0.05) is 19.1 Å². The van der Waals surface area contributed by atoms with Gasteiger partial charge in [-0.25, -0.2) is 12.8 Å². The van der Waals surface area contributed by atoms with Crippen molar-refractivity contribution in [1.82, 2.24) is 5.32 Å². The van der Waals surface area contributed by atoms with Crippen molar-refractivity contribution in [3.8, 4) is 0 Å². The number of nitrogens with one attached hydrogen (secondary N) is 2. The van der Waals surface area contributed by atoms with E-state index in [9.17, 15) is 17.6 Å². The van der Waals surface area contributed by atoms with E-state index >= 15 is 0 Å². The number of amides is 1. The number of anilines is 1. The number of benzene rings is 2. The molecule has 5 nitrogen and oxygen atoms in total. The molecule has 2 N–H and O–H groups in total. The molecule has 2 aliphatic carbocycles. The fraction of sp³-hybridized carbons (Fsp3) is 0.435. The topological polar surface area (TPSA) is 75.3 Å². The normalized spacial score (nSPS) is 22.9. The number of sulfonamides is 1. The third kappa shape index (κ3) is 4.36. The van der Waals surface area contributed by atoms with Crippen molar-refractivity contribution in [2.75, 3.05) is 4.72 Å². The zero-order chi connectivity index (χ0) is 21.4. The van der Waals surface area contributed by atoms with Gasteiger partial charge >= 0.3 is 0 Å². The molecule has 0 saturated heterocycles. The third-order valence-corrected chi connectivity index (χ3v) is 7.75. The van der Waals surface area contributed by atoms with Crippen LogP contribution in [0.3, 0.4) is 0 Å². The molecule has 2 aliphatic rings. The fourth-order valence-corrected chi connectivity index (χ4v) is 5.24. The quantitative estimate of drug-likeness (QED) is 0.715. The highest BCUT2D eigenvalue weighted by Gasteiger charge is 2.51. The van der Waals surface area contributed by atoms with E-state index in [-0.39, 0.29) is 16.8 Å². The van der Waals surface area contributed by atoms with Gasteiger partial charge in [0.05, 0.1) is 10.3 Å². The molecule has 30 heavy (non-hydrogen) atoms. The standard InChI is InChI=1S/C23H27FN2O3S/c1-16-2-8-19(9-3-16)25-22(27)23(14-15-23)17-4-10-20(11-5-17)26-30(28,29)21-12-6-18(24)7-13-21/h4-7,10-13,16,19,26H,2-3,8-9,14-15H2,1H3,(H,25,27). The summed E-state index contributed by atoms with van der Waals surface area (Å²) in [5.74, 6) is 0.329. The van der Waals surface area contributed by atoms with Gasteiger partial charge in [-0.3, -0.25) is 9.52 Å². The Morgan fingerprint density at radius 3 is 2.13 bits per heavy atom. The number of carbonyl (C=O) groups is 1. The second kappa shape index (κ2) is 8.02. The average molecular weight is 431 g/mol. The first-order valence-corrected chi connectivity index (χ1v) is 12.0. The first-order valence-electron chi connectivity index (χ1n) is 10.5. The van der Waals surface area contributed by atoms with Gasteiger partial charge in [-0.05, 0) is 86.4 Å². The van der Waals surface area contributed by atoms with Gasteiger partial charge in [-0.15, -0.1) is 0 Å². The Bertz CT molecular complexity index is 1010. The lowest BCUT2D eigenvalue weighted by molar-refractivity contribution is -0.124. The van der Waals surface area contributed by atoms with E-state index in [1.165, 1.54) is 12.1 Å². The maximum absolute atomic E-state index is 13.0. The highest BCUT2D eigenvalue weighted by molar-refractivity contribution is 7.92. The lowest BCUT2D eigenvalue weighted by Gasteiger charge is -2.28. The molecule has 4 rings (SSSR count). The molecule has 0 aromatic heterocycles. The Kier molecular flexibility index (Phi) is 5.57. The zero-order valence-electron chi connectivity index (χ0n) is 17.0. The first-order chi connectivity index (χ1) is 14.3. The van der Waals surface area contributed by atoms with Crippen LogP contribution in [-0.2, 0) is 20.2 Å². The Morgan fingerprint density at radius 1 is 0.967 bits per heavy atom. The van der Waals surface area contributed by atoms with E-state index in [0.717, 1.165) is 62.1 Å². The third-order valence-electron chi connectivity index (χ3n) is 6.35. The predicted molar refractivity (Wildman–Crippen MR) is 114 cm³/mol. The molecule has 0 radical (unpaired) electrons. The maximum atomic E-state index is 13.0. The summed E-state index contributed by atoms with van der Waals surface area (Å²) < 4.78 is 40.5. The Labute approximate surface area is 177 Å². The van der Waals surface area contributed by atoms with Gasteiger partial charge in [0.1, 0.15) is 5.82 Å². The molecular weight excluding hydrogens is 403 g/mol. The summed E-state index contributed by atoms with van der Waals surface area (Å²) in [5.41, 5.74) is 0.826. The van der Waals surface area contributed by atoms with Crippen molar-refractivity contribution >= 4 is 21.6 Å². The molecule has 2 saturated carbocycles. The smallest absolute Gasteiger partial charge is 0.261 e. The minimum absolute atomic E-state index is 0.00665. The van der Waals surface area contributed by atoms with E-state index in [0.29, 0.717) is 5.69 Å². The first kappa shape index (κ1) is 20.8. The van der Waals surface area contributed by atoms with Crippen LogP contribution >= 0.6 is 0 Å². The number of carbonyl (C=O) groups excluding carboxylic acids is 1. The Morgan fingerprint density at radius 2 is 1.57 bits per heavy atom. The van der Waals surface area contributed by atoms with Gasteiger partial charge < -0.3 is 5.32 Å². The van der Waals surface area contributed by atoms with Crippen molar-refractivity contribution in [2.45, 2.75) is 61.8 Å². The van der Waals surface area contributed by atoms with Crippen LogP contribution in [0.2, 0.25) is 0 Å². The van der Waals surface area contributed by atoms with E-state index in [1.54, 1.807) is 12.1 Å². The number of hydrogen-bond donors (Lipinski definition) is 2. The lowest BCUT2D eigenvalue weighted by Crippen LogP contribution is -2.43. The van der Waals surface area contributed by atoms with E-state index in [1.807, 2.05) is 12.1 Å². The van der Waals surface area contributed by atoms with Gasteiger partial charge in [0.25, 0.3) is 10.0 Å². The summed E-state index contributed by atoms with van der Waals surface area (Å²) in [4.78, 5) is 12.9. The average Bonchev–Trinajstić information content (AvgIpc) is 3.52. The Hall–Kier alpha value is -2.41. The summed E-state index contributed by atoms with van der Waals surface area (Å²) in [7, 11) is -3.80. The fourth-order valence-electron chi connectivity index (χ4n) is 4.18. The molecule has 0 atom stereocenters. The molecule has 2 fully saturated rings. The van der Waals surface area contributed by atoms with Crippen LogP contribution in [0.5, 0.6) is 0 Å². The summed E-state index contributed by atoms with van der Waals surface area (Å²) in [5, 5.41) is 3.24. The summed E-state index contributed by atoms with van der Waals surface area (Å²) in [6, 6.07) is 11.9. The van der Waals surface area contributed by atoms with Crippen LogP contribution in [0, 0.1) is 11.7 Å². The van der Waals surface area contributed by atoms with E-state index in [2.05, 4.69) is 17.0 Å². The molecule has 0 heterocycles. The van der Waals surface area contributed by atoms with Gasteiger partial charge in [0.2, 0.25) is 5.91 Å². The SMILES string of the molecule is CC1CCC(NC(=O)C2(c3ccc(NS(=O)(=O)c4ccc(F)cc4)cc3)CC2)CC1. The summed E-state index contributed by atoms with van der Waals surface area (Å²) >= 11 is 0. The predicted octanol–water partition coefficient (Wildman–Crippen LogP) is 4.35. The highest BCUT2D eigenvalue weighted by atomic mass is 32.2. The minimum atomic E-state index is -3.80. The van der Waals surface area contributed by atoms with Crippen molar-refractivity contribution in [1.29, 1.82) is 0 Å². The molecular formula is C23H27FN2O3S. The monoisotopic (exact) mass is 430 g/mol. The maximum Gasteiger partial charge on any atom is 0.261 e. The summed E-state index contributed by atoms with van der Waals surface area (Å²) in [6.07, 6.45) is 5.99. The number of hydrogen-bond acceptors (Lipinski definition) is 3. The van der Waals surface area contributed by atoms with Crippen molar-refractivity contribution in [3.63, 3.8) is 0 Å². The molecule has 7 heteroatoms. The molecule has 1 amide bonds. The van der Waals surface area contributed by atoms with Crippen molar-refractivity contribution in [2.24, 2.45) is 5.92 Å². The lowest BCUT2D eigenvalue weighted by atomic mass is 9.86. The molecule has 0 unspecified atom stereocenters. The van der Waals surface area contributed by atoms with E-state index < -0.39 is 21.3 Å². The van der Waals surface area contributed by atoms with Crippen LogP contribution in [0.1, 0.15) is 51.0 Å². The molecule has 0 bridgehead atoms. The van der Waals surface area contributed by atoms with Crippen LogP contribution in [0.15, 0.2) is 53.4 Å². The van der Waals surface area contributed by atoms with Crippen LogP contribution in [0.4, 0.5) is 10.1 Å². The van der Waals surface area contributed by atoms with Crippen LogP contribution in [-0.4, -0.2) is 20.4 Å².